The minimum absolute atomic E-state index is 0.0519. The smallest absolute Gasteiger partial charge is 0.291 e. The molecule has 0 aliphatic heterocycles. The van der Waals surface area contributed by atoms with Gasteiger partial charge in [0.05, 0.1) is 29.1 Å². The molecule has 0 amide bonds. The lowest BCUT2D eigenvalue weighted by Gasteiger charge is -2.24. The minimum atomic E-state index is -3.91. The summed E-state index contributed by atoms with van der Waals surface area (Å²) in [4.78, 5) is 20.9. The second kappa shape index (κ2) is 7.09. The minimum Gasteiger partial charge on any atom is -0.291 e. The highest BCUT2D eigenvalue weighted by Crippen LogP contribution is 2.54. The lowest BCUT2D eigenvalue weighted by Crippen LogP contribution is -2.16. The number of nitro groups is 1. The van der Waals surface area contributed by atoms with E-state index in [1.807, 2.05) is 0 Å². The summed E-state index contributed by atoms with van der Waals surface area (Å²) >= 11 is 0. The largest absolute Gasteiger partial charge is 0.458 e. The molecule has 0 aliphatic carbocycles. The van der Waals surface area contributed by atoms with E-state index < -0.39 is 12.7 Å². The van der Waals surface area contributed by atoms with Gasteiger partial charge < -0.3 is 0 Å². The summed E-state index contributed by atoms with van der Waals surface area (Å²) in [6.45, 7) is 3.28. The van der Waals surface area contributed by atoms with Crippen molar-refractivity contribution >= 4 is 19.1 Å². The van der Waals surface area contributed by atoms with Gasteiger partial charge in [-0.25, -0.2) is 4.57 Å². The van der Waals surface area contributed by atoms with Crippen molar-refractivity contribution in [2.24, 2.45) is 5.29 Å². The van der Waals surface area contributed by atoms with Crippen LogP contribution in [0.4, 0.5) is 11.4 Å². The Morgan fingerprint density at radius 1 is 1.25 bits per heavy atom. The van der Waals surface area contributed by atoms with E-state index in [1.165, 1.54) is 12.1 Å². The number of hydrogen-bond donors (Lipinski definition) is 0. The molecule has 0 spiro atoms. The Morgan fingerprint density at radius 3 is 2.10 bits per heavy atom. The molecule has 0 aromatic heterocycles. The van der Waals surface area contributed by atoms with Crippen LogP contribution in [0.5, 0.6) is 0 Å². The van der Waals surface area contributed by atoms with Crippen LogP contribution in [0, 0.1) is 15.0 Å². The van der Waals surface area contributed by atoms with E-state index in [0.717, 1.165) is 12.1 Å². The fourth-order valence-electron chi connectivity index (χ4n) is 1.41. The highest BCUT2D eigenvalue weighted by Gasteiger charge is 2.35. The number of nitroso groups, excluding NO2 is 1. The summed E-state index contributed by atoms with van der Waals surface area (Å²) in [6.07, 6.45) is 0. The van der Waals surface area contributed by atoms with Crippen molar-refractivity contribution in [3.8, 4) is 0 Å². The van der Waals surface area contributed by atoms with Crippen molar-refractivity contribution in [1.82, 2.24) is 0 Å². The lowest BCUT2D eigenvalue weighted by molar-refractivity contribution is -0.384. The van der Waals surface area contributed by atoms with E-state index in [9.17, 15) is 19.6 Å². The summed E-state index contributed by atoms with van der Waals surface area (Å²) in [5.74, 6) is 0. The molecule has 0 atom stereocenters. The van der Waals surface area contributed by atoms with Crippen LogP contribution in [-0.2, 0) is 13.6 Å². The first-order chi connectivity index (χ1) is 9.48. The number of hydrogen-bond acceptors (Lipinski definition) is 7. The zero-order chi connectivity index (χ0) is 15.2. The van der Waals surface area contributed by atoms with Gasteiger partial charge in [0.15, 0.2) is 0 Å². The normalized spacial score (nSPS) is 11.1. The molecule has 0 radical (unpaired) electrons. The van der Waals surface area contributed by atoms with Crippen LogP contribution in [0.25, 0.3) is 0 Å². The zero-order valence-corrected chi connectivity index (χ0v) is 11.9. The summed E-state index contributed by atoms with van der Waals surface area (Å²) < 4.78 is 23.0. The van der Waals surface area contributed by atoms with Crippen molar-refractivity contribution in [3.63, 3.8) is 0 Å². The summed E-state index contributed by atoms with van der Waals surface area (Å²) in [7, 11) is -3.91. The van der Waals surface area contributed by atoms with Crippen LogP contribution < -0.4 is 4.78 Å². The fraction of sp³-hybridized carbons (Fsp3) is 0.400. The lowest BCUT2D eigenvalue weighted by atomic mass is 10.3. The van der Waals surface area contributed by atoms with Crippen molar-refractivity contribution in [3.05, 3.63) is 39.3 Å². The third-order valence-electron chi connectivity index (χ3n) is 2.19. The van der Waals surface area contributed by atoms with Gasteiger partial charge in [-0.1, -0.05) is 0 Å². The first kappa shape index (κ1) is 16.2. The van der Waals surface area contributed by atoms with Gasteiger partial charge in [-0.2, -0.15) is 0 Å². The quantitative estimate of drug-likeness (QED) is 0.313. The highest BCUT2D eigenvalue weighted by molar-refractivity contribution is 7.55. The predicted octanol–water partition coefficient (Wildman–Crippen LogP) is 3.26. The van der Waals surface area contributed by atoms with E-state index in [1.54, 1.807) is 13.8 Å². The molecule has 0 N–H and O–H groups in total. The number of nitrogens with zero attached hydrogens (tertiary/aromatic N) is 3. The molecule has 10 heteroatoms. The van der Waals surface area contributed by atoms with Crippen LogP contribution in [0.1, 0.15) is 13.8 Å². The SMILES string of the molecule is CCOP(=O)(OCC)N(N=O)c1ccc([N+](=O)[O-])cc1. The van der Waals surface area contributed by atoms with Gasteiger partial charge in [0, 0.05) is 12.1 Å². The van der Waals surface area contributed by atoms with E-state index in [2.05, 4.69) is 5.29 Å². The maximum absolute atomic E-state index is 12.4. The molecule has 0 aliphatic rings. The molecule has 0 bridgehead atoms. The van der Waals surface area contributed by atoms with Crippen LogP contribution in [-0.4, -0.2) is 18.1 Å². The molecular formula is C10H14N3O6P. The number of non-ortho nitro benzene ring substituents is 1. The fourth-order valence-corrected chi connectivity index (χ4v) is 2.87. The average Bonchev–Trinajstić information content (AvgIpc) is 2.40. The number of benzene rings is 1. The van der Waals surface area contributed by atoms with E-state index in [4.69, 9.17) is 9.05 Å². The molecule has 0 fully saturated rings. The van der Waals surface area contributed by atoms with Gasteiger partial charge in [-0.05, 0) is 26.0 Å². The standard InChI is InChI=1S/C10H14N3O6P/c1-3-18-20(17,19-4-2)12(11-14)9-5-7-10(8-6-9)13(15)16/h5-8H,3-4H2,1-2H3. The second-order valence-corrected chi connectivity index (χ2v) is 5.28. The Labute approximate surface area is 115 Å². The summed E-state index contributed by atoms with van der Waals surface area (Å²) in [5, 5.41) is 13.2. The van der Waals surface area contributed by atoms with E-state index in [0.29, 0.717) is 4.78 Å². The Morgan fingerprint density at radius 2 is 1.75 bits per heavy atom. The second-order valence-electron chi connectivity index (χ2n) is 3.45. The van der Waals surface area contributed by atoms with Crippen molar-refractivity contribution in [2.45, 2.75) is 13.8 Å². The molecule has 0 heterocycles. The molecule has 0 unspecified atom stereocenters. The van der Waals surface area contributed by atoms with Crippen molar-refractivity contribution in [1.29, 1.82) is 0 Å². The average molecular weight is 303 g/mol. The molecule has 110 valence electrons. The summed E-state index contributed by atoms with van der Waals surface area (Å²) in [6, 6.07) is 4.81. The highest BCUT2D eigenvalue weighted by atomic mass is 31.2. The predicted molar refractivity (Wildman–Crippen MR) is 72.2 cm³/mol. The number of nitro benzene ring substituents is 1. The van der Waals surface area contributed by atoms with Crippen molar-refractivity contribution < 1.29 is 18.5 Å². The molecule has 1 aromatic carbocycles. The van der Waals surface area contributed by atoms with Crippen LogP contribution in [0.15, 0.2) is 29.6 Å². The molecule has 0 saturated carbocycles. The monoisotopic (exact) mass is 303 g/mol. The van der Waals surface area contributed by atoms with E-state index >= 15 is 0 Å². The molecule has 20 heavy (non-hydrogen) atoms. The number of rotatable bonds is 8. The van der Waals surface area contributed by atoms with Gasteiger partial charge in [0.1, 0.15) is 0 Å². The molecule has 9 nitrogen and oxygen atoms in total. The van der Waals surface area contributed by atoms with Gasteiger partial charge in [-0.3, -0.25) is 19.2 Å². The van der Waals surface area contributed by atoms with Gasteiger partial charge in [0.25, 0.3) is 5.69 Å². The maximum Gasteiger partial charge on any atom is 0.458 e. The van der Waals surface area contributed by atoms with Gasteiger partial charge in [0.2, 0.25) is 0 Å². The van der Waals surface area contributed by atoms with Crippen LogP contribution in [0.3, 0.4) is 0 Å². The van der Waals surface area contributed by atoms with E-state index in [-0.39, 0.29) is 24.6 Å². The Hall–Kier alpha value is -1.83. The topological polar surface area (TPSA) is 111 Å². The zero-order valence-electron chi connectivity index (χ0n) is 11.0. The first-order valence-electron chi connectivity index (χ1n) is 5.76. The third kappa shape index (κ3) is 3.60. The molecule has 1 rings (SSSR count). The Bertz CT molecular complexity index is 510. The number of anilines is 1. The van der Waals surface area contributed by atoms with Crippen molar-refractivity contribution in [2.75, 3.05) is 18.0 Å². The molecular weight excluding hydrogens is 289 g/mol. The van der Waals surface area contributed by atoms with Gasteiger partial charge >= 0.3 is 7.75 Å². The van der Waals surface area contributed by atoms with Crippen LogP contribution >= 0.6 is 7.75 Å². The Balaban J connectivity index is 3.13. The molecule has 0 saturated heterocycles. The Kier molecular flexibility index (Phi) is 5.75. The van der Waals surface area contributed by atoms with Crippen LogP contribution in [0.2, 0.25) is 0 Å². The first-order valence-corrected chi connectivity index (χ1v) is 7.25. The maximum atomic E-state index is 12.4. The molecule has 1 aromatic rings. The third-order valence-corrected chi connectivity index (χ3v) is 4.12. The van der Waals surface area contributed by atoms with Gasteiger partial charge in [-0.15, -0.1) is 9.69 Å². The summed E-state index contributed by atoms with van der Waals surface area (Å²) in [5.41, 5.74) is -0.0851.